The second kappa shape index (κ2) is 11.8. The van der Waals surface area contributed by atoms with Gasteiger partial charge in [-0.1, -0.05) is 18.2 Å². The third-order valence-electron chi connectivity index (χ3n) is 7.35. The first kappa shape index (κ1) is 27.9. The number of rotatable bonds is 8. The Morgan fingerprint density at radius 3 is 2.37 bits per heavy atom. The highest BCUT2D eigenvalue weighted by Gasteiger charge is 2.25. The number of aromatic nitrogens is 2. The quantitative estimate of drug-likeness (QED) is 0.264. The first-order chi connectivity index (χ1) is 20.0. The number of aryl methyl sites for hydroxylation is 1. The molecule has 0 saturated heterocycles. The number of nitrogens with zero attached hydrogens (tertiary/aromatic N) is 4. The second-order valence-electron chi connectivity index (χ2n) is 9.54. The van der Waals surface area contributed by atoms with E-state index in [9.17, 15) is 15.3 Å². The summed E-state index contributed by atoms with van der Waals surface area (Å²) in [5, 5.41) is 21.7. The summed E-state index contributed by atoms with van der Waals surface area (Å²) in [4.78, 5) is 17.9. The standard InChI is InChI=1S/C31H29N5O4S/c1-38-25-14-18(15-26(39-2)29(25)40-3)28-21(16-32)30(34)35-31(22(28)17-33)41-13-12-27(37)36-23-10-6-4-8-19(23)20-9-5-7-11-24(20)36/h4,6,8,10,14-15H,5,7,9,11-13H2,1-3H3,(H2,34,35). The maximum Gasteiger partial charge on any atom is 0.232 e. The van der Waals surface area contributed by atoms with Crippen molar-refractivity contribution in [1.29, 1.82) is 10.5 Å². The zero-order chi connectivity index (χ0) is 29.1. The molecule has 4 aromatic rings. The van der Waals surface area contributed by atoms with Gasteiger partial charge in [-0.2, -0.15) is 10.5 Å². The summed E-state index contributed by atoms with van der Waals surface area (Å²) in [7, 11) is 4.47. The van der Waals surface area contributed by atoms with Gasteiger partial charge in [0.1, 0.15) is 28.5 Å². The third-order valence-corrected chi connectivity index (χ3v) is 8.33. The van der Waals surface area contributed by atoms with E-state index in [0.29, 0.717) is 39.2 Å². The van der Waals surface area contributed by atoms with Gasteiger partial charge in [0.05, 0.1) is 32.4 Å². The molecule has 2 aromatic carbocycles. The highest BCUT2D eigenvalue weighted by atomic mass is 32.2. The van der Waals surface area contributed by atoms with Crippen LogP contribution >= 0.6 is 11.8 Å². The number of methoxy groups -OCH3 is 3. The number of nitrogen functional groups attached to an aromatic ring is 1. The van der Waals surface area contributed by atoms with Crippen molar-refractivity contribution in [2.24, 2.45) is 0 Å². The summed E-state index contributed by atoms with van der Waals surface area (Å²) in [5.74, 6) is 1.49. The highest BCUT2D eigenvalue weighted by Crippen LogP contribution is 2.44. The van der Waals surface area contributed by atoms with Crippen LogP contribution in [-0.4, -0.2) is 42.5 Å². The van der Waals surface area contributed by atoms with Crippen molar-refractivity contribution in [2.45, 2.75) is 37.1 Å². The molecule has 208 valence electrons. The third kappa shape index (κ3) is 4.92. The molecule has 2 heterocycles. The van der Waals surface area contributed by atoms with Crippen molar-refractivity contribution in [3.63, 3.8) is 0 Å². The van der Waals surface area contributed by atoms with Crippen molar-refractivity contribution in [3.05, 3.63) is 58.8 Å². The topological polar surface area (TPSA) is 136 Å². The molecule has 0 radical (unpaired) electrons. The molecule has 0 saturated carbocycles. The van der Waals surface area contributed by atoms with E-state index in [-0.39, 0.29) is 29.3 Å². The fourth-order valence-corrected chi connectivity index (χ4v) is 6.47. The molecule has 1 aliphatic carbocycles. The van der Waals surface area contributed by atoms with Gasteiger partial charge in [0, 0.05) is 28.8 Å². The van der Waals surface area contributed by atoms with Crippen molar-refractivity contribution >= 4 is 34.4 Å². The largest absolute Gasteiger partial charge is 0.493 e. The lowest BCUT2D eigenvalue weighted by atomic mass is 9.95. The Balaban J connectivity index is 1.49. The van der Waals surface area contributed by atoms with Crippen molar-refractivity contribution in [1.82, 2.24) is 9.55 Å². The van der Waals surface area contributed by atoms with E-state index in [2.05, 4.69) is 23.2 Å². The SMILES string of the molecule is COc1cc(-c2c(C#N)c(N)nc(SCCC(=O)n3c4c(c5ccccc53)CCCC4)c2C#N)cc(OC)c1OC. The van der Waals surface area contributed by atoms with Crippen LogP contribution in [0.5, 0.6) is 17.2 Å². The van der Waals surface area contributed by atoms with Gasteiger partial charge in [0.2, 0.25) is 11.7 Å². The maximum absolute atomic E-state index is 13.6. The monoisotopic (exact) mass is 567 g/mol. The Labute approximate surface area is 242 Å². The zero-order valence-corrected chi connectivity index (χ0v) is 23.9. The fraction of sp³-hybridized carbons (Fsp3) is 0.290. The maximum atomic E-state index is 13.6. The molecule has 2 aromatic heterocycles. The average Bonchev–Trinajstić information content (AvgIpc) is 3.34. The summed E-state index contributed by atoms with van der Waals surface area (Å²) in [6, 6.07) is 15.7. The highest BCUT2D eigenvalue weighted by molar-refractivity contribution is 7.99. The van der Waals surface area contributed by atoms with Crippen LogP contribution in [0.3, 0.4) is 0 Å². The molecule has 0 fully saturated rings. The zero-order valence-electron chi connectivity index (χ0n) is 23.1. The van der Waals surface area contributed by atoms with E-state index >= 15 is 0 Å². The number of benzene rings is 2. The van der Waals surface area contributed by atoms with Gasteiger partial charge in [-0.05, 0) is 55.0 Å². The van der Waals surface area contributed by atoms with Crippen LogP contribution in [0.15, 0.2) is 41.4 Å². The molecule has 0 spiro atoms. The number of hydrogen-bond donors (Lipinski definition) is 1. The second-order valence-corrected chi connectivity index (χ2v) is 10.6. The first-order valence-electron chi connectivity index (χ1n) is 13.2. The molecule has 10 heteroatoms. The average molecular weight is 568 g/mol. The molecule has 0 atom stereocenters. The molecular weight excluding hydrogens is 538 g/mol. The van der Waals surface area contributed by atoms with Crippen LogP contribution in [0.2, 0.25) is 0 Å². The van der Waals surface area contributed by atoms with Crippen LogP contribution in [0.4, 0.5) is 5.82 Å². The van der Waals surface area contributed by atoms with Gasteiger partial charge in [-0.3, -0.25) is 9.36 Å². The molecule has 2 N–H and O–H groups in total. The number of para-hydroxylation sites is 1. The summed E-state index contributed by atoms with van der Waals surface area (Å²) in [6.07, 6.45) is 4.29. The van der Waals surface area contributed by atoms with Crippen molar-refractivity contribution < 1.29 is 19.0 Å². The Morgan fingerprint density at radius 2 is 1.71 bits per heavy atom. The molecule has 41 heavy (non-hydrogen) atoms. The predicted molar refractivity (Wildman–Crippen MR) is 158 cm³/mol. The van der Waals surface area contributed by atoms with E-state index < -0.39 is 0 Å². The number of pyridine rings is 1. The number of ether oxygens (including phenoxy) is 3. The molecule has 0 unspecified atom stereocenters. The molecule has 1 aliphatic rings. The number of nitriles is 2. The van der Waals surface area contributed by atoms with E-state index in [0.717, 1.165) is 42.3 Å². The summed E-state index contributed by atoms with van der Waals surface area (Å²) in [6.45, 7) is 0. The van der Waals surface area contributed by atoms with Crippen molar-refractivity contribution in [3.8, 4) is 40.5 Å². The predicted octanol–water partition coefficient (Wildman–Crippen LogP) is 5.76. The van der Waals surface area contributed by atoms with E-state index in [1.807, 2.05) is 22.8 Å². The Kier molecular flexibility index (Phi) is 8.04. The van der Waals surface area contributed by atoms with Gasteiger partial charge in [0.25, 0.3) is 0 Å². The Hall–Kier alpha value is -4.67. The van der Waals surface area contributed by atoms with Gasteiger partial charge >= 0.3 is 0 Å². The van der Waals surface area contributed by atoms with Gasteiger partial charge < -0.3 is 19.9 Å². The normalized spacial score (nSPS) is 12.3. The summed E-state index contributed by atoms with van der Waals surface area (Å²) >= 11 is 1.27. The van der Waals surface area contributed by atoms with Crippen LogP contribution in [0.25, 0.3) is 22.0 Å². The molecule has 5 rings (SSSR count). The fourth-order valence-electron chi connectivity index (χ4n) is 5.54. The molecule has 0 bridgehead atoms. The molecule has 9 nitrogen and oxygen atoms in total. The van der Waals surface area contributed by atoms with Gasteiger partial charge in [-0.25, -0.2) is 4.98 Å². The lowest BCUT2D eigenvalue weighted by Gasteiger charge is -2.17. The lowest BCUT2D eigenvalue weighted by molar-refractivity contribution is 0.0912. The van der Waals surface area contributed by atoms with Crippen LogP contribution in [0.1, 0.15) is 46.4 Å². The number of nitrogens with two attached hydrogens (primary N) is 1. The van der Waals surface area contributed by atoms with Crippen LogP contribution < -0.4 is 19.9 Å². The lowest BCUT2D eigenvalue weighted by Crippen LogP contribution is -2.16. The van der Waals surface area contributed by atoms with Crippen molar-refractivity contribution in [2.75, 3.05) is 32.8 Å². The Bertz CT molecular complexity index is 1720. The number of carbonyl (C=O) groups excluding carboxylic acids is 1. The molecule has 0 amide bonds. The van der Waals surface area contributed by atoms with Gasteiger partial charge in [-0.15, -0.1) is 11.8 Å². The number of hydrogen-bond acceptors (Lipinski definition) is 9. The number of thioether (sulfide) groups is 1. The van der Waals surface area contributed by atoms with E-state index in [1.54, 1.807) is 12.1 Å². The van der Waals surface area contributed by atoms with Gasteiger partial charge in [0.15, 0.2) is 11.5 Å². The smallest absolute Gasteiger partial charge is 0.232 e. The minimum absolute atomic E-state index is 0.00169. The summed E-state index contributed by atoms with van der Waals surface area (Å²) < 4.78 is 18.3. The number of fused-ring (bicyclic) bond motifs is 3. The van der Waals surface area contributed by atoms with Crippen LogP contribution in [0, 0.1) is 22.7 Å². The Morgan fingerprint density at radius 1 is 1.02 bits per heavy atom. The van der Waals surface area contributed by atoms with Crippen LogP contribution in [-0.2, 0) is 12.8 Å². The first-order valence-corrected chi connectivity index (χ1v) is 14.2. The minimum Gasteiger partial charge on any atom is -0.493 e. The molecule has 0 aliphatic heterocycles. The number of carbonyl (C=O) groups is 1. The van der Waals surface area contributed by atoms with E-state index in [4.69, 9.17) is 19.9 Å². The number of anilines is 1. The molecular formula is C31H29N5O4S. The minimum atomic E-state index is -0.00504. The van der Waals surface area contributed by atoms with E-state index in [1.165, 1.54) is 38.7 Å². The summed E-state index contributed by atoms with van der Waals surface area (Å²) in [5.41, 5.74) is 10.6.